The fourth-order valence-electron chi connectivity index (χ4n) is 19.1. The van der Waals surface area contributed by atoms with Gasteiger partial charge >= 0.3 is 42.1 Å². The zero-order valence-electron chi connectivity index (χ0n) is 77.9. The van der Waals surface area contributed by atoms with Crippen LogP contribution in [-0.2, 0) is 55.0 Å². The summed E-state index contributed by atoms with van der Waals surface area (Å²) in [4.78, 5) is 24.7. The number of fused-ring (bicyclic) bond motifs is 6. The second kappa shape index (κ2) is 39.7. The van der Waals surface area contributed by atoms with Crippen LogP contribution in [0.4, 0.5) is 34.1 Å². The van der Waals surface area contributed by atoms with Gasteiger partial charge in [0, 0.05) is 80.6 Å². The molecule has 12 heteroatoms. The molecule has 0 amide bonds. The van der Waals surface area contributed by atoms with Gasteiger partial charge < -0.3 is 48.3 Å². The molecule has 6 heterocycles. The van der Waals surface area contributed by atoms with Gasteiger partial charge in [-0.15, -0.1) is 94.0 Å². The van der Waals surface area contributed by atoms with E-state index in [0.29, 0.717) is 23.3 Å². The van der Waals surface area contributed by atoms with Gasteiger partial charge in [0.05, 0.1) is 36.3 Å². The van der Waals surface area contributed by atoms with E-state index in [1.807, 2.05) is 61.2 Å². The molecule has 0 unspecified atom stereocenters. The van der Waals surface area contributed by atoms with Crippen LogP contribution in [0.1, 0.15) is 83.3 Å². The largest absolute Gasteiger partial charge is 2.00 e. The van der Waals surface area contributed by atoms with Crippen LogP contribution < -0.4 is 19.3 Å². The van der Waals surface area contributed by atoms with Crippen molar-refractivity contribution in [2.45, 2.75) is 95.9 Å². The molecule has 0 saturated carbocycles. The minimum Gasteiger partial charge on any atom is -0.516 e. The zero-order valence-corrected chi connectivity index (χ0v) is 82.5. The molecule has 0 radical (unpaired) electrons. The minimum atomic E-state index is 0. The number of benzene rings is 14. The average molecular weight is 2100 g/mol. The van der Waals surface area contributed by atoms with Crippen molar-refractivity contribution in [2.24, 2.45) is 11.8 Å². The summed E-state index contributed by atoms with van der Waals surface area (Å²) < 4.78 is 16.9. The predicted molar refractivity (Wildman–Crippen MR) is 549 cm³/mol. The van der Waals surface area contributed by atoms with Gasteiger partial charge in [0.25, 0.3) is 0 Å². The summed E-state index contributed by atoms with van der Waals surface area (Å²) in [5.41, 5.74) is 39.8. The number of methoxy groups -OCH3 is 2. The molecule has 0 bridgehead atoms. The van der Waals surface area contributed by atoms with E-state index in [4.69, 9.17) is 29.4 Å². The molecule has 664 valence electrons. The number of nitrogens with zero attached hydrogens (tertiary/aromatic N) is 8. The summed E-state index contributed by atoms with van der Waals surface area (Å²) in [7, 11) is 3.40. The Kier molecular flexibility index (Phi) is 27.2. The Morgan fingerprint density at radius 1 is 0.276 bits per heavy atom. The van der Waals surface area contributed by atoms with Crippen LogP contribution in [0, 0.1) is 91.5 Å². The van der Waals surface area contributed by atoms with Crippen LogP contribution >= 0.6 is 0 Å². The molecule has 0 saturated heterocycles. The smallest absolute Gasteiger partial charge is 0.516 e. The number of pyridine rings is 4. The van der Waals surface area contributed by atoms with Crippen molar-refractivity contribution >= 4 is 77.7 Å². The number of hydrogen-bond donors (Lipinski definition) is 0. The first-order chi connectivity index (χ1) is 64.3. The van der Waals surface area contributed by atoms with Crippen molar-refractivity contribution in [1.29, 1.82) is 0 Å². The van der Waals surface area contributed by atoms with Crippen molar-refractivity contribution in [2.75, 3.05) is 24.0 Å². The van der Waals surface area contributed by atoms with Gasteiger partial charge in [-0.3, -0.25) is 0 Å². The summed E-state index contributed by atoms with van der Waals surface area (Å²) in [6.07, 6.45) is 9.70. The molecule has 0 aliphatic carbocycles. The van der Waals surface area contributed by atoms with Gasteiger partial charge in [-0.25, -0.2) is 0 Å². The molecule has 0 N–H and O–H groups in total. The van der Waals surface area contributed by atoms with E-state index < -0.39 is 0 Å². The Labute approximate surface area is 816 Å². The van der Waals surface area contributed by atoms with Gasteiger partial charge in [0.15, 0.2) is 0 Å². The molecular formula is C122H104N8O2Pt2. The molecule has 20 rings (SSSR count). The molecule has 0 fully saturated rings. The molecule has 0 aliphatic rings. The summed E-state index contributed by atoms with van der Waals surface area (Å²) >= 11 is 0. The molecule has 10 nitrogen and oxygen atoms in total. The molecule has 20 aromatic rings. The third-order valence-corrected chi connectivity index (χ3v) is 25.1. The number of aryl methyl sites for hydroxylation is 8. The number of rotatable bonds is 22. The summed E-state index contributed by atoms with van der Waals surface area (Å²) in [6.45, 7) is 26.5. The summed E-state index contributed by atoms with van der Waals surface area (Å²) in [5, 5.41) is 4.93. The minimum absolute atomic E-state index is 0. The SMILES string of the molecule is COc1cc(-c2cc(-c3ccccc3)c(C)cn2)[c-]c(N(c2[c-]c(-c3cc(-c4ccccc4)c(C)cn3)cc(OC)c2)c2c(C)cc(-n3c4ccccc4c4ccccc43)cc2C)c1.Cc1cnc(-c2[c-]c(N(c3[c-]c(-c4cc(-c5ccccc5)c(C)cn4)cc(CC(C)C)c3)c3c(C)cc(-n4c5ccccc5c5ccccc54)cc3C)cc(CC(C)C)c2)cc1-c1ccccc1.[Pt+2].[Pt+2]. The average Bonchev–Trinajstić information content (AvgIpc) is 1.58. The number of para-hydroxylation sites is 4. The normalized spacial score (nSPS) is 11.3. The summed E-state index contributed by atoms with van der Waals surface area (Å²) in [6, 6.07) is 128. The van der Waals surface area contributed by atoms with E-state index in [9.17, 15) is 0 Å². The first-order valence-electron chi connectivity index (χ1n) is 45.5. The number of anilines is 6. The predicted octanol–water partition coefficient (Wildman–Crippen LogP) is 31.5. The second-order valence-corrected chi connectivity index (χ2v) is 35.7. The molecule has 0 spiro atoms. The van der Waals surface area contributed by atoms with Crippen LogP contribution in [-0.4, -0.2) is 43.3 Å². The van der Waals surface area contributed by atoms with Crippen LogP contribution in [0.25, 0.3) is 145 Å². The quantitative estimate of drug-likeness (QED) is 0.0621. The third kappa shape index (κ3) is 18.6. The van der Waals surface area contributed by atoms with Crippen LogP contribution in [0.2, 0.25) is 0 Å². The van der Waals surface area contributed by atoms with Gasteiger partial charge in [-0.2, -0.15) is 0 Å². The maximum atomic E-state index is 6.07. The van der Waals surface area contributed by atoms with E-state index in [2.05, 4.69) is 405 Å². The van der Waals surface area contributed by atoms with Crippen LogP contribution in [0.5, 0.6) is 11.5 Å². The number of ether oxygens (including phenoxy) is 2. The fraction of sp³-hybridized carbons (Fsp3) is 0.148. The Morgan fingerprint density at radius 3 is 0.769 bits per heavy atom. The first kappa shape index (κ1) is 91.7. The van der Waals surface area contributed by atoms with E-state index in [-0.39, 0.29) is 42.1 Å². The topological polar surface area (TPSA) is 86.4 Å². The molecular weight excluding hydrogens is 2000 g/mol. The Hall–Kier alpha value is -14.1. The number of hydrogen-bond acceptors (Lipinski definition) is 8. The maximum absolute atomic E-state index is 6.07. The molecule has 14 aromatic carbocycles. The first-order valence-corrected chi connectivity index (χ1v) is 45.5. The van der Waals surface area contributed by atoms with Crippen molar-refractivity contribution in [3.8, 4) is 112 Å². The maximum Gasteiger partial charge on any atom is 2.00 e. The number of aromatic nitrogens is 6. The van der Waals surface area contributed by atoms with Crippen molar-refractivity contribution in [3.05, 3.63) is 420 Å². The van der Waals surface area contributed by atoms with E-state index in [1.54, 1.807) is 14.2 Å². The fourth-order valence-corrected chi connectivity index (χ4v) is 19.1. The van der Waals surface area contributed by atoms with Crippen LogP contribution in [0.15, 0.2) is 340 Å². The Morgan fingerprint density at radius 2 is 0.515 bits per heavy atom. The van der Waals surface area contributed by atoms with Crippen molar-refractivity contribution in [1.82, 2.24) is 29.1 Å². The van der Waals surface area contributed by atoms with Gasteiger partial charge in [-0.05, 0) is 263 Å². The van der Waals surface area contributed by atoms with Crippen molar-refractivity contribution in [3.63, 3.8) is 0 Å². The summed E-state index contributed by atoms with van der Waals surface area (Å²) in [5.74, 6) is 2.21. The van der Waals surface area contributed by atoms with Gasteiger partial charge in [0.2, 0.25) is 0 Å². The third-order valence-electron chi connectivity index (χ3n) is 25.1. The molecule has 0 aliphatic heterocycles. The Balaban J connectivity index is 0.000000184. The van der Waals surface area contributed by atoms with E-state index >= 15 is 0 Å². The van der Waals surface area contributed by atoms with Crippen molar-refractivity contribution < 1.29 is 51.6 Å². The van der Waals surface area contributed by atoms with Gasteiger partial charge in [-0.1, -0.05) is 258 Å². The molecule has 134 heavy (non-hydrogen) atoms. The zero-order chi connectivity index (χ0) is 91.0. The second-order valence-electron chi connectivity index (χ2n) is 35.7. The van der Waals surface area contributed by atoms with Gasteiger partial charge in [0.1, 0.15) is 0 Å². The molecule has 0 atom stereocenters. The monoisotopic (exact) mass is 2100 g/mol. The van der Waals surface area contributed by atoms with E-state index in [0.717, 1.165) is 181 Å². The van der Waals surface area contributed by atoms with Crippen LogP contribution in [0.3, 0.4) is 0 Å². The van der Waals surface area contributed by atoms with E-state index in [1.165, 1.54) is 66.0 Å². The Bertz CT molecular complexity index is 7300. The standard InChI is InChI=1S/C64H58N4.C58H46N4O2.2Pt/c1-41(2)27-47-31-51(60-37-58(45(7)39-65-60)49-19-11-9-12-20-49)35-54(33-47)67(64-43(5)29-53(30-44(64)6)68-62-25-17-15-23-56(62)57-24-16-18-26-63(57)68)55-34-48(28-42(3)4)32-52(36-55)61-38-59(46(8)40-66-61)50-21-13-10-14-22-50;1-37-25-45(62-56-23-15-13-21-50(56)51-22-14-16-24-57(51)62)26-38(2)58(37)61(46-27-43(29-48(31-46)63-5)54-33-52(39(3)35-59-54)41-17-9-7-10-18-41)47-28-44(30-49(32-47)64-6)55-34-53(40(4)36-60-55)42-19-11-8-12-20-42;;/h9-26,29-34,37-42H,27-28H2,1-8H3;7-26,29-36H,1-6H3;;/q2*-2;2*+2. The molecule has 6 aromatic heterocycles.